The molecule has 1 aromatic rings. The predicted octanol–water partition coefficient (Wildman–Crippen LogP) is 3.98. The maximum Gasteiger partial charge on any atom is 0.422 e. The van der Waals surface area contributed by atoms with Gasteiger partial charge < -0.3 is 24.8 Å². The zero-order valence-electron chi connectivity index (χ0n) is 17.3. The largest absolute Gasteiger partial charge is 0.493 e. The van der Waals surface area contributed by atoms with Gasteiger partial charge in [-0.3, -0.25) is 4.99 Å². The van der Waals surface area contributed by atoms with Gasteiger partial charge in [0.25, 0.3) is 0 Å². The van der Waals surface area contributed by atoms with Gasteiger partial charge in [-0.25, -0.2) is 0 Å². The second-order valence-electron chi connectivity index (χ2n) is 6.56. The topological polar surface area (TPSA) is 64.1 Å². The number of alkyl halides is 3. The molecule has 0 aliphatic heterocycles. The van der Waals surface area contributed by atoms with E-state index in [-0.39, 0.29) is 35.5 Å². The van der Waals surface area contributed by atoms with Gasteiger partial charge in [0.1, 0.15) is 0 Å². The van der Waals surface area contributed by atoms with E-state index >= 15 is 0 Å². The van der Waals surface area contributed by atoms with E-state index in [1.54, 1.807) is 19.2 Å². The normalized spacial score (nSPS) is 11.8. The number of methoxy groups -OCH3 is 1. The van der Waals surface area contributed by atoms with Crippen molar-refractivity contribution in [3.05, 3.63) is 23.8 Å². The number of nitrogens with one attached hydrogen (secondary N) is 2. The Balaban J connectivity index is 0.00000784. The van der Waals surface area contributed by atoms with Crippen molar-refractivity contribution in [1.29, 1.82) is 0 Å². The molecule has 0 aliphatic carbocycles. The third-order valence-corrected chi connectivity index (χ3v) is 3.51. The third kappa shape index (κ3) is 12.7. The van der Waals surface area contributed by atoms with Crippen molar-refractivity contribution in [2.45, 2.75) is 33.0 Å². The van der Waals surface area contributed by atoms with Crippen LogP contribution >= 0.6 is 24.0 Å². The summed E-state index contributed by atoms with van der Waals surface area (Å²) in [4.78, 5) is 4.14. The molecule has 0 saturated carbocycles. The summed E-state index contributed by atoms with van der Waals surface area (Å²) in [5.41, 5.74) is 0.819. The fourth-order valence-corrected chi connectivity index (χ4v) is 2.21. The van der Waals surface area contributed by atoms with Crippen molar-refractivity contribution in [3.8, 4) is 11.5 Å². The molecule has 0 saturated heterocycles. The summed E-state index contributed by atoms with van der Waals surface area (Å²) in [5, 5.41) is 6.33. The molecule has 2 N–H and O–H groups in total. The lowest BCUT2D eigenvalue weighted by molar-refractivity contribution is -0.153. The van der Waals surface area contributed by atoms with Crippen molar-refractivity contribution in [2.75, 3.05) is 40.5 Å². The minimum Gasteiger partial charge on any atom is -0.493 e. The fraction of sp³-hybridized carbons (Fsp3) is 0.632. The van der Waals surface area contributed by atoms with Crippen molar-refractivity contribution in [2.24, 2.45) is 10.9 Å². The number of guanidine groups is 1. The summed E-state index contributed by atoms with van der Waals surface area (Å²) in [7, 11) is 3.05. The van der Waals surface area contributed by atoms with Gasteiger partial charge in [0, 0.05) is 33.4 Å². The molecule has 0 heterocycles. The highest BCUT2D eigenvalue weighted by Gasteiger charge is 2.29. The van der Waals surface area contributed by atoms with Gasteiger partial charge in [-0.1, -0.05) is 19.9 Å². The second-order valence-corrected chi connectivity index (χ2v) is 6.56. The molecule has 1 rings (SSSR count). The lowest BCUT2D eigenvalue weighted by Gasteiger charge is -2.15. The van der Waals surface area contributed by atoms with Gasteiger partial charge in [0.05, 0.1) is 7.11 Å². The molecular weight excluding hydrogens is 502 g/mol. The van der Waals surface area contributed by atoms with Gasteiger partial charge in [0.2, 0.25) is 0 Å². The summed E-state index contributed by atoms with van der Waals surface area (Å²) >= 11 is 0. The summed E-state index contributed by atoms with van der Waals surface area (Å²) in [5.74, 6) is 1.44. The lowest BCUT2D eigenvalue weighted by Crippen LogP contribution is -2.37. The molecule has 0 aromatic heterocycles. The molecule has 0 unspecified atom stereocenters. The Morgan fingerprint density at radius 3 is 2.48 bits per heavy atom. The Kier molecular flexibility index (Phi) is 13.8. The molecule has 168 valence electrons. The van der Waals surface area contributed by atoms with Crippen molar-refractivity contribution >= 4 is 29.9 Å². The first-order valence-electron chi connectivity index (χ1n) is 9.14. The molecule has 0 fully saturated rings. The summed E-state index contributed by atoms with van der Waals surface area (Å²) in [6.45, 7) is 5.42. The average Bonchev–Trinajstić information content (AvgIpc) is 2.64. The van der Waals surface area contributed by atoms with Crippen molar-refractivity contribution in [3.63, 3.8) is 0 Å². The molecule has 6 nitrogen and oxygen atoms in total. The molecule has 0 amide bonds. The van der Waals surface area contributed by atoms with Gasteiger partial charge in [-0.2, -0.15) is 13.2 Å². The van der Waals surface area contributed by atoms with Crippen LogP contribution in [0.2, 0.25) is 0 Å². The van der Waals surface area contributed by atoms with E-state index in [0.29, 0.717) is 31.6 Å². The van der Waals surface area contributed by atoms with E-state index in [0.717, 1.165) is 18.6 Å². The second kappa shape index (κ2) is 14.5. The Morgan fingerprint density at radius 2 is 1.90 bits per heavy atom. The first kappa shape index (κ1) is 27.6. The minimum absolute atomic E-state index is 0. The monoisotopic (exact) mass is 533 g/mol. The van der Waals surface area contributed by atoms with Crippen molar-refractivity contribution in [1.82, 2.24) is 10.6 Å². The highest BCUT2D eigenvalue weighted by Crippen LogP contribution is 2.29. The fourth-order valence-electron chi connectivity index (χ4n) is 2.21. The summed E-state index contributed by atoms with van der Waals surface area (Å²) in [6.07, 6.45) is -3.55. The number of rotatable bonds is 11. The molecule has 0 atom stereocenters. The van der Waals surface area contributed by atoms with E-state index in [4.69, 9.17) is 14.2 Å². The number of ether oxygens (including phenoxy) is 3. The number of halogens is 4. The van der Waals surface area contributed by atoms with E-state index in [9.17, 15) is 13.2 Å². The van der Waals surface area contributed by atoms with Gasteiger partial charge in [-0.15, -0.1) is 24.0 Å². The smallest absolute Gasteiger partial charge is 0.422 e. The van der Waals surface area contributed by atoms with Crippen LogP contribution in [-0.4, -0.2) is 52.7 Å². The van der Waals surface area contributed by atoms with Crippen LogP contribution < -0.4 is 20.1 Å². The lowest BCUT2D eigenvalue weighted by atomic mass is 10.2. The summed E-state index contributed by atoms with van der Waals surface area (Å²) in [6, 6.07) is 4.77. The molecule has 29 heavy (non-hydrogen) atoms. The first-order chi connectivity index (χ1) is 13.2. The Hall–Kier alpha value is -1.43. The van der Waals surface area contributed by atoms with Crippen LogP contribution in [0, 0.1) is 5.92 Å². The molecule has 0 aliphatic rings. The minimum atomic E-state index is -4.40. The number of aliphatic imine (C=N–C) groups is 1. The first-order valence-corrected chi connectivity index (χ1v) is 9.14. The number of nitrogens with zero attached hydrogens (tertiary/aromatic N) is 1. The molecule has 10 heteroatoms. The van der Waals surface area contributed by atoms with Crippen LogP contribution in [0.25, 0.3) is 0 Å². The predicted molar refractivity (Wildman–Crippen MR) is 118 cm³/mol. The number of benzene rings is 1. The number of hydrogen-bond acceptors (Lipinski definition) is 4. The van der Waals surface area contributed by atoms with Gasteiger partial charge in [-0.05, 0) is 30.0 Å². The van der Waals surface area contributed by atoms with Crippen LogP contribution in [0.1, 0.15) is 25.8 Å². The van der Waals surface area contributed by atoms with Gasteiger partial charge >= 0.3 is 6.18 Å². The average molecular weight is 533 g/mol. The maximum atomic E-state index is 12.3. The highest BCUT2D eigenvalue weighted by atomic mass is 127. The van der Waals surface area contributed by atoms with E-state index in [1.807, 2.05) is 0 Å². The molecule has 1 aromatic carbocycles. The van der Waals surface area contributed by atoms with Crippen LogP contribution in [0.4, 0.5) is 13.2 Å². The third-order valence-electron chi connectivity index (χ3n) is 3.51. The standard InChI is InChI=1S/C19H30F3N3O3.HI/c1-14(2)12-27-9-5-8-24-18(23-3)25-11-15-6-7-16(17(10-15)26-4)28-13-19(20,21)22;/h6-7,10,14H,5,8-9,11-13H2,1-4H3,(H2,23,24,25);1H. The molecule has 0 spiro atoms. The maximum absolute atomic E-state index is 12.3. The van der Waals surface area contributed by atoms with E-state index in [1.165, 1.54) is 13.2 Å². The zero-order valence-corrected chi connectivity index (χ0v) is 19.6. The summed E-state index contributed by atoms with van der Waals surface area (Å²) < 4.78 is 52.3. The Bertz CT molecular complexity index is 614. The molecule has 0 bridgehead atoms. The highest BCUT2D eigenvalue weighted by molar-refractivity contribution is 14.0. The van der Waals surface area contributed by atoms with Crippen LogP contribution in [0.15, 0.2) is 23.2 Å². The van der Waals surface area contributed by atoms with Crippen LogP contribution in [0.5, 0.6) is 11.5 Å². The van der Waals surface area contributed by atoms with Gasteiger partial charge in [0.15, 0.2) is 24.1 Å². The van der Waals surface area contributed by atoms with E-state index in [2.05, 4.69) is 29.5 Å². The van der Waals surface area contributed by atoms with E-state index < -0.39 is 12.8 Å². The van der Waals surface area contributed by atoms with Crippen molar-refractivity contribution < 1.29 is 27.4 Å². The molecule has 0 radical (unpaired) electrons. The zero-order chi connectivity index (χ0) is 21.0. The number of hydrogen-bond donors (Lipinski definition) is 2. The quantitative estimate of drug-likeness (QED) is 0.195. The SMILES string of the molecule is CN=C(NCCCOCC(C)C)NCc1ccc(OCC(F)(F)F)c(OC)c1.I. The molecular formula is C19H31F3IN3O3. The van der Waals surface area contributed by atoms with Crippen LogP contribution in [-0.2, 0) is 11.3 Å². The van der Waals surface area contributed by atoms with Crippen LogP contribution in [0.3, 0.4) is 0 Å². The Labute approximate surface area is 187 Å². The Morgan fingerprint density at radius 1 is 1.17 bits per heavy atom.